The van der Waals surface area contributed by atoms with Crippen LogP contribution in [-0.4, -0.2) is 43.8 Å². The van der Waals surface area contributed by atoms with Crippen LogP contribution in [0.5, 0.6) is 0 Å². The van der Waals surface area contributed by atoms with Crippen molar-refractivity contribution in [1.29, 1.82) is 0 Å². The van der Waals surface area contributed by atoms with Gasteiger partial charge in [0.2, 0.25) is 0 Å². The number of aromatic nitrogens is 2. The molecular weight excluding hydrogens is 356 g/mol. The van der Waals surface area contributed by atoms with Crippen LogP contribution in [0.4, 0.5) is 5.82 Å². The second-order valence-corrected chi connectivity index (χ2v) is 6.05. The first-order valence-electron chi connectivity index (χ1n) is 8.13. The number of carbonyl (C=O) groups excluding carboxylic acids is 1. The van der Waals surface area contributed by atoms with Gasteiger partial charge in [0, 0.05) is 12.6 Å². The molecule has 0 saturated carbocycles. The number of nitrogen functional groups attached to an aromatic ring is 1. The van der Waals surface area contributed by atoms with E-state index in [0.717, 1.165) is 4.57 Å². The van der Waals surface area contributed by atoms with Crippen LogP contribution in [-0.2, 0) is 14.3 Å². The first kappa shape index (κ1) is 18.5. The summed E-state index contributed by atoms with van der Waals surface area (Å²) < 4.78 is 6.60. The van der Waals surface area contributed by atoms with Gasteiger partial charge in [-0.1, -0.05) is 30.3 Å². The van der Waals surface area contributed by atoms with Crippen molar-refractivity contribution >= 4 is 17.7 Å². The molecule has 3 rings (SSSR count). The molecule has 10 heteroatoms. The van der Waals surface area contributed by atoms with E-state index in [1.807, 2.05) is 0 Å². The molecule has 27 heavy (non-hydrogen) atoms. The number of rotatable bonds is 5. The molecule has 142 valence electrons. The zero-order valence-electron chi connectivity index (χ0n) is 14.1. The SMILES string of the molecule is Nc1ccn(C2CC(O)C(C(=O)NC(C(=O)O)c3ccccc3)O2)c(=O)n1. The predicted molar refractivity (Wildman–Crippen MR) is 92.4 cm³/mol. The molecule has 1 amide bonds. The number of amides is 1. The van der Waals surface area contributed by atoms with Gasteiger partial charge in [0.1, 0.15) is 12.0 Å². The number of benzene rings is 1. The molecule has 2 heterocycles. The minimum absolute atomic E-state index is 0.0351. The Morgan fingerprint density at radius 1 is 1.30 bits per heavy atom. The topological polar surface area (TPSA) is 157 Å². The number of hydrogen-bond acceptors (Lipinski definition) is 7. The van der Waals surface area contributed by atoms with Crippen LogP contribution < -0.4 is 16.7 Å². The minimum Gasteiger partial charge on any atom is -0.479 e. The number of hydrogen-bond donors (Lipinski definition) is 4. The number of carboxylic acid groups (broad SMARTS) is 1. The molecular formula is C17H18N4O6. The van der Waals surface area contributed by atoms with Crippen LogP contribution in [0.15, 0.2) is 47.4 Å². The average molecular weight is 374 g/mol. The van der Waals surface area contributed by atoms with Crippen LogP contribution >= 0.6 is 0 Å². The first-order valence-corrected chi connectivity index (χ1v) is 8.13. The van der Waals surface area contributed by atoms with Gasteiger partial charge < -0.3 is 26.0 Å². The number of aliphatic hydroxyl groups excluding tert-OH is 1. The van der Waals surface area contributed by atoms with Crippen molar-refractivity contribution in [2.75, 3.05) is 5.73 Å². The van der Waals surface area contributed by atoms with E-state index < -0.39 is 42.0 Å². The second-order valence-electron chi connectivity index (χ2n) is 6.05. The lowest BCUT2D eigenvalue weighted by Crippen LogP contribution is -2.44. The molecule has 10 nitrogen and oxygen atoms in total. The lowest BCUT2D eigenvalue weighted by Gasteiger charge is -2.19. The van der Waals surface area contributed by atoms with Gasteiger partial charge in [-0.2, -0.15) is 4.98 Å². The highest BCUT2D eigenvalue weighted by Crippen LogP contribution is 2.28. The summed E-state index contributed by atoms with van der Waals surface area (Å²) in [5, 5.41) is 21.9. The van der Waals surface area contributed by atoms with Crippen molar-refractivity contribution in [2.24, 2.45) is 0 Å². The van der Waals surface area contributed by atoms with E-state index in [-0.39, 0.29) is 12.2 Å². The third-order valence-corrected chi connectivity index (χ3v) is 4.18. The van der Waals surface area contributed by atoms with Gasteiger partial charge in [-0.15, -0.1) is 0 Å². The summed E-state index contributed by atoms with van der Waals surface area (Å²) in [5.74, 6) is -2.01. The zero-order chi connectivity index (χ0) is 19.6. The highest BCUT2D eigenvalue weighted by atomic mass is 16.5. The van der Waals surface area contributed by atoms with E-state index in [1.54, 1.807) is 30.3 Å². The van der Waals surface area contributed by atoms with Crippen molar-refractivity contribution in [1.82, 2.24) is 14.9 Å². The average Bonchev–Trinajstić information content (AvgIpc) is 3.01. The van der Waals surface area contributed by atoms with Crippen molar-refractivity contribution < 1.29 is 24.5 Å². The number of nitrogens with one attached hydrogen (secondary N) is 1. The lowest BCUT2D eigenvalue weighted by molar-refractivity contribution is -0.146. The van der Waals surface area contributed by atoms with Crippen molar-refractivity contribution in [3.05, 3.63) is 58.6 Å². The molecule has 0 bridgehead atoms. The predicted octanol–water partition coefficient (Wildman–Crippen LogP) is -0.584. The summed E-state index contributed by atoms with van der Waals surface area (Å²) >= 11 is 0. The van der Waals surface area contributed by atoms with Crippen molar-refractivity contribution in [3.8, 4) is 0 Å². The van der Waals surface area contributed by atoms with Crippen LogP contribution in [0.1, 0.15) is 24.3 Å². The molecule has 4 unspecified atom stereocenters. The normalized spacial score (nSPS) is 22.9. The summed E-state index contributed by atoms with van der Waals surface area (Å²) in [5.41, 5.74) is 5.13. The molecule has 5 N–H and O–H groups in total. The van der Waals surface area contributed by atoms with Crippen molar-refractivity contribution in [3.63, 3.8) is 0 Å². The van der Waals surface area contributed by atoms with E-state index >= 15 is 0 Å². The molecule has 0 aliphatic carbocycles. The van der Waals surface area contributed by atoms with Crippen LogP contribution in [0.25, 0.3) is 0 Å². The number of ether oxygens (including phenoxy) is 1. The number of carbonyl (C=O) groups is 2. The Labute approximate surface area is 153 Å². The van der Waals surface area contributed by atoms with Gasteiger partial charge in [-0.3, -0.25) is 9.36 Å². The number of anilines is 1. The third kappa shape index (κ3) is 3.96. The van der Waals surface area contributed by atoms with Gasteiger partial charge in [0.25, 0.3) is 5.91 Å². The van der Waals surface area contributed by atoms with Crippen molar-refractivity contribution in [2.45, 2.75) is 30.9 Å². The van der Waals surface area contributed by atoms with E-state index in [1.165, 1.54) is 12.3 Å². The van der Waals surface area contributed by atoms with Gasteiger partial charge in [0.15, 0.2) is 12.1 Å². The number of nitrogens with two attached hydrogens (primary N) is 1. The molecule has 4 atom stereocenters. The van der Waals surface area contributed by atoms with E-state index in [0.29, 0.717) is 5.56 Å². The number of nitrogens with zero attached hydrogens (tertiary/aromatic N) is 2. The lowest BCUT2D eigenvalue weighted by atomic mass is 10.1. The maximum Gasteiger partial charge on any atom is 0.351 e. The zero-order valence-corrected chi connectivity index (χ0v) is 14.1. The van der Waals surface area contributed by atoms with Gasteiger partial charge in [0.05, 0.1) is 6.10 Å². The van der Waals surface area contributed by atoms with E-state index in [4.69, 9.17) is 10.5 Å². The molecule has 1 aromatic carbocycles. The Bertz CT molecular complexity index is 900. The fraction of sp³-hybridized carbons (Fsp3) is 0.294. The molecule has 1 aliphatic rings. The van der Waals surface area contributed by atoms with Crippen LogP contribution in [0, 0.1) is 0 Å². The quantitative estimate of drug-likeness (QED) is 0.541. The van der Waals surface area contributed by atoms with Gasteiger partial charge in [-0.25, -0.2) is 9.59 Å². The smallest absolute Gasteiger partial charge is 0.351 e. The fourth-order valence-corrected chi connectivity index (χ4v) is 2.86. The fourth-order valence-electron chi connectivity index (χ4n) is 2.86. The van der Waals surface area contributed by atoms with E-state index in [2.05, 4.69) is 10.3 Å². The number of aliphatic carboxylic acids is 1. The summed E-state index contributed by atoms with van der Waals surface area (Å²) in [4.78, 5) is 39.5. The summed E-state index contributed by atoms with van der Waals surface area (Å²) in [7, 11) is 0. The number of carboxylic acids is 1. The Kier molecular flexibility index (Phi) is 5.19. The summed E-state index contributed by atoms with van der Waals surface area (Å²) in [6, 6.07) is 8.23. The standard InChI is InChI=1S/C17H18N4O6/c18-11-6-7-21(17(26)19-11)12-8-10(22)14(27-12)15(23)20-13(16(24)25)9-4-2-1-3-5-9/h1-7,10,12-14,22H,8H2,(H,20,23)(H,24,25)(H2,18,19,26). The Hall–Kier alpha value is -3.24. The minimum atomic E-state index is -1.33. The summed E-state index contributed by atoms with van der Waals surface area (Å²) in [6.07, 6.45) is -2.15. The highest BCUT2D eigenvalue weighted by molar-refractivity contribution is 5.87. The summed E-state index contributed by atoms with van der Waals surface area (Å²) in [6.45, 7) is 0. The maximum atomic E-state index is 12.5. The van der Waals surface area contributed by atoms with E-state index in [9.17, 15) is 24.6 Å². The van der Waals surface area contributed by atoms with Gasteiger partial charge in [-0.05, 0) is 11.6 Å². The maximum absolute atomic E-state index is 12.5. The van der Waals surface area contributed by atoms with Crippen LogP contribution in [0.3, 0.4) is 0 Å². The highest BCUT2D eigenvalue weighted by Gasteiger charge is 2.41. The Morgan fingerprint density at radius 3 is 2.63 bits per heavy atom. The Balaban J connectivity index is 1.75. The molecule has 0 radical (unpaired) electrons. The Morgan fingerprint density at radius 2 is 2.00 bits per heavy atom. The first-order chi connectivity index (χ1) is 12.9. The third-order valence-electron chi connectivity index (χ3n) is 4.18. The molecule has 1 saturated heterocycles. The second kappa shape index (κ2) is 7.56. The number of aliphatic hydroxyl groups is 1. The molecule has 2 aromatic rings. The van der Waals surface area contributed by atoms with Crippen LogP contribution in [0.2, 0.25) is 0 Å². The molecule has 0 spiro atoms. The molecule has 1 aromatic heterocycles. The molecule has 1 aliphatic heterocycles. The monoisotopic (exact) mass is 374 g/mol. The largest absolute Gasteiger partial charge is 0.479 e. The molecule has 1 fully saturated rings. The van der Waals surface area contributed by atoms with Gasteiger partial charge >= 0.3 is 11.7 Å².